The molecule has 1 saturated heterocycles. The maximum atomic E-state index is 12.6. The number of piperidine rings is 1. The zero-order chi connectivity index (χ0) is 13.9. The van der Waals surface area contributed by atoms with Gasteiger partial charge in [0.15, 0.2) is 11.5 Å². The Labute approximate surface area is 118 Å². The second kappa shape index (κ2) is 5.71. The molecule has 2 unspecified atom stereocenters. The molecule has 1 aromatic rings. The first kappa shape index (κ1) is 13.2. The van der Waals surface area contributed by atoms with E-state index in [0.717, 1.165) is 25.8 Å². The number of nitrogens with zero attached hydrogens (tertiary/aromatic N) is 1. The Morgan fingerprint density at radius 2 is 2.10 bits per heavy atom. The highest BCUT2D eigenvalue weighted by Gasteiger charge is 2.34. The molecule has 108 valence electrons. The first-order valence-corrected chi connectivity index (χ1v) is 7.18. The Hall–Kier alpha value is -1.75. The third-order valence-corrected chi connectivity index (χ3v) is 3.97. The molecule has 0 spiro atoms. The van der Waals surface area contributed by atoms with E-state index >= 15 is 0 Å². The molecule has 0 bridgehead atoms. The summed E-state index contributed by atoms with van der Waals surface area (Å²) in [6.45, 7) is 1.54. The number of carbonyl (C=O) groups is 1. The highest BCUT2D eigenvalue weighted by molar-refractivity contribution is 5.82. The first-order chi connectivity index (χ1) is 9.79. The number of rotatable bonds is 2. The third-order valence-electron chi connectivity index (χ3n) is 3.97. The van der Waals surface area contributed by atoms with Crippen LogP contribution in [0.5, 0.6) is 11.5 Å². The van der Waals surface area contributed by atoms with Crippen molar-refractivity contribution in [2.75, 3.05) is 19.7 Å². The van der Waals surface area contributed by atoms with Gasteiger partial charge in [0.1, 0.15) is 6.61 Å². The summed E-state index contributed by atoms with van der Waals surface area (Å²) in [6.07, 6.45) is 2.59. The van der Waals surface area contributed by atoms with Gasteiger partial charge in [0.25, 0.3) is 5.91 Å². The van der Waals surface area contributed by atoms with Crippen molar-refractivity contribution in [3.63, 3.8) is 0 Å². The number of ether oxygens (including phenoxy) is 2. The summed E-state index contributed by atoms with van der Waals surface area (Å²) in [5.74, 6) is 1.33. The summed E-state index contributed by atoms with van der Waals surface area (Å²) in [5, 5.41) is 0. The number of benzene rings is 1. The minimum atomic E-state index is -0.558. The minimum absolute atomic E-state index is 0.00495. The number of para-hydroxylation sites is 2. The average Bonchev–Trinajstić information content (AvgIpc) is 2.53. The number of hydrogen-bond acceptors (Lipinski definition) is 4. The summed E-state index contributed by atoms with van der Waals surface area (Å²) < 4.78 is 11.4. The van der Waals surface area contributed by atoms with Gasteiger partial charge in [0, 0.05) is 19.1 Å². The van der Waals surface area contributed by atoms with Crippen LogP contribution < -0.4 is 15.2 Å². The van der Waals surface area contributed by atoms with E-state index in [-0.39, 0.29) is 18.6 Å². The lowest BCUT2D eigenvalue weighted by atomic mass is 10.0. The normalized spacial score (nSPS) is 25.4. The summed E-state index contributed by atoms with van der Waals surface area (Å²) in [4.78, 5) is 14.5. The van der Waals surface area contributed by atoms with Crippen LogP contribution in [0.25, 0.3) is 0 Å². The highest BCUT2D eigenvalue weighted by atomic mass is 16.6. The predicted octanol–water partition coefficient (Wildman–Crippen LogP) is 1.17. The van der Waals surface area contributed by atoms with Crippen LogP contribution in [0.3, 0.4) is 0 Å². The Morgan fingerprint density at radius 3 is 2.90 bits per heavy atom. The summed E-state index contributed by atoms with van der Waals surface area (Å²) in [7, 11) is 0. The molecular formula is C15H20N2O3. The molecule has 2 N–H and O–H groups in total. The summed E-state index contributed by atoms with van der Waals surface area (Å²) >= 11 is 0. The number of amides is 1. The largest absolute Gasteiger partial charge is 0.485 e. The van der Waals surface area contributed by atoms with E-state index in [1.165, 1.54) is 0 Å². The maximum Gasteiger partial charge on any atom is 0.267 e. The fraction of sp³-hybridized carbons (Fsp3) is 0.533. The number of hydrogen-bond donors (Lipinski definition) is 1. The Balaban J connectivity index is 1.72. The van der Waals surface area contributed by atoms with Gasteiger partial charge in [-0.05, 0) is 31.4 Å². The van der Waals surface area contributed by atoms with Gasteiger partial charge in [-0.3, -0.25) is 4.79 Å². The van der Waals surface area contributed by atoms with E-state index in [0.29, 0.717) is 18.0 Å². The lowest BCUT2D eigenvalue weighted by Gasteiger charge is -2.38. The molecule has 2 heterocycles. The van der Waals surface area contributed by atoms with Crippen LogP contribution in [0.1, 0.15) is 19.3 Å². The van der Waals surface area contributed by atoms with Crippen molar-refractivity contribution in [2.45, 2.75) is 31.4 Å². The fourth-order valence-corrected chi connectivity index (χ4v) is 2.86. The molecule has 0 aromatic heterocycles. The van der Waals surface area contributed by atoms with Crippen LogP contribution in [0, 0.1) is 0 Å². The van der Waals surface area contributed by atoms with Crippen molar-refractivity contribution in [3.8, 4) is 11.5 Å². The summed E-state index contributed by atoms with van der Waals surface area (Å²) in [6, 6.07) is 7.57. The van der Waals surface area contributed by atoms with Crippen LogP contribution in [0.2, 0.25) is 0 Å². The van der Waals surface area contributed by atoms with Crippen molar-refractivity contribution in [1.82, 2.24) is 4.90 Å². The van der Waals surface area contributed by atoms with E-state index in [9.17, 15) is 4.79 Å². The standard InChI is InChI=1S/C15H20N2O3/c16-9-11-5-3-4-8-17(11)15(18)14-10-19-12-6-1-2-7-13(12)20-14/h1-2,6-7,11,14H,3-5,8-10,16H2. The van der Waals surface area contributed by atoms with Crippen molar-refractivity contribution in [3.05, 3.63) is 24.3 Å². The SMILES string of the molecule is NCC1CCCCN1C(=O)C1COc2ccccc2O1. The molecule has 0 aliphatic carbocycles. The first-order valence-electron chi connectivity index (χ1n) is 7.18. The molecule has 3 rings (SSSR count). The van der Waals surface area contributed by atoms with E-state index in [2.05, 4.69) is 0 Å². The number of nitrogens with two attached hydrogens (primary N) is 1. The molecule has 2 atom stereocenters. The van der Waals surface area contributed by atoms with E-state index in [1.54, 1.807) is 0 Å². The topological polar surface area (TPSA) is 64.8 Å². The predicted molar refractivity (Wildman–Crippen MR) is 74.8 cm³/mol. The number of likely N-dealkylation sites (tertiary alicyclic amines) is 1. The zero-order valence-electron chi connectivity index (χ0n) is 11.5. The quantitative estimate of drug-likeness (QED) is 0.880. The highest BCUT2D eigenvalue weighted by Crippen LogP contribution is 2.31. The zero-order valence-corrected chi connectivity index (χ0v) is 11.5. The minimum Gasteiger partial charge on any atom is -0.485 e. The van der Waals surface area contributed by atoms with E-state index in [4.69, 9.17) is 15.2 Å². The van der Waals surface area contributed by atoms with Gasteiger partial charge in [-0.25, -0.2) is 0 Å². The molecular weight excluding hydrogens is 256 g/mol. The van der Waals surface area contributed by atoms with Crippen LogP contribution in [-0.2, 0) is 4.79 Å². The molecule has 1 amide bonds. The van der Waals surface area contributed by atoms with Crippen molar-refractivity contribution in [1.29, 1.82) is 0 Å². The second-order valence-electron chi connectivity index (χ2n) is 5.28. The number of fused-ring (bicyclic) bond motifs is 1. The Morgan fingerprint density at radius 1 is 1.30 bits per heavy atom. The molecule has 0 radical (unpaired) electrons. The second-order valence-corrected chi connectivity index (χ2v) is 5.28. The van der Waals surface area contributed by atoms with Gasteiger partial charge >= 0.3 is 0 Å². The lowest BCUT2D eigenvalue weighted by molar-refractivity contribution is -0.144. The molecule has 2 aliphatic rings. The van der Waals surface area contributed by atoms with E-state index < -0.39 is 6.10 Å². The van der Waals surface area contributed by atoms with Gasteiger partial charge < -0.3 is 20.1 Å². The lowest BCUT2D eigenvalue weighted by Crippen LogP contribution is -2.54. The van der Waals surface area contributed by atoms with Crippen LogP contribution >= 0.6 is 0 Å². The number of carbonyl (C=O) groups excluding carboxylic acids is 1. The van der Waals surface area contributed by atoms with Crippen LogP contribution in [-0.4, -0.2) is 42.6 Å². The van der Waals surface area contributed by atoms with E-state index in [1.807, 2.05) is 29.2 Å². The van der Waals surface area contributed by atoms with Crippen molar-refractivity contribution < 1.29 is 14.3 Å². The summed E-state index contributed by atoms with van der Waals surface area (Å²) in [5.41, 5.74) is 5.77. The Kier molecular flexibility index (Phi) is 3.78. The monoisotopic (exact) mass is 276 g/mol. The van der Waals surface area contributed by atoms with Crippen molar-refractivity contribution in [2.24, 2.45) is 5.73 Å². The molecule has 1 aromatic carbocycles. The smallest absolute Gasteiger partial charge is 0.267 e. The van der Waals surface area contributed by atoms with Gasteiger partial charge in [-0.1, -0.05) is 12.1 Å². The molecule has 1 fully saturated rings. The van der Waals surface area contributed by atoms with Gasteiger partial charge in [-0.15, -0.1) is 0 Å². The third kappa shape index (κ3) is 2.45. The molecule has 2 aliphatic heterocycles. The van der Waals surface area contributed by atoms with Gasteiger partial charge in [0.2, 0.25) is 6.10 Å². The molecule has 0 saturated carbocycles. The molecule has 5 heteroatoms. The van der Waals surface area contributed by atoms with Gasteiger partial charge in [0.05, 0.1) is 0 Å². The van der Waals surface area contributed by atoms with Crippen LogP contribution in [0.4, 0.5) is 0 Å². The van der Waals surface area contributed by atoms with Crippen LogP contribution in [0.15, 0.2) is 24.3 Å². The Bertz CT molecular complexity index is 492. The fourth-order valence-electron chi connectivity index (χ4n) is 2.86. The average molecular weight is 276 g/mol. The maximum absolute atomic E-state index is 12.6. The van der Waals surface area contributed by atoms with Crippen molar-refractivity contribution >= 4 is 5.91 Å². The molecule has 20 heavy (non-hydrogen) atoms. The van der Waals surface area contributed by atoms with Gasteiger partial charge in [-0.2, -0.15) is 0 Å². The molecule has 5 nitrogen and oxygen atoms in total.